The van der Waals surface area contributed by atoms with E-state index in [9.17, 15) is 23.1 Å². The molecule has 1 atom stereocenters. The Morgan fingerprint density at radius 1 is 1.00 bits per heavy atom. The second-order valence-electron chi connectivity index (χ2n) is 6.88. The maximum absolute atomic E-state index is 13.1. The van der Waals surface area contributed by atoms with E-state index in [-0.39, 0.29) is 11.1 Å². The number of nitrogens with zero attached hydrogens (tertiary/aromatic N) is 1. The molecular formula is C22H14ClF3N2O3. The zero-order valence-electron chi connectivity index (χ0n) is 15.6. The maximum Gasteiger partial charge on any atom is 0.417 e. The Balaban J connectivity index is 1.62. The summed E-state index contributed by atoms with van der Waals surface area (Å²) in [5.74, 6) is -0.559. The summed E-state index contributed by atoms with van der Waals surface area (Å²) >= 11 is 5.64. The first-order chi connectivity index (χ1) is 14.6. The van der Waals surface area contributed by atoms with Crippen molar-refractivity contribution in [3.63, 3.8) is 0 Å². The highest BCUT2D eigenvalue weighted by atomic mass is 35.5. The Kier molecular flexibility index (Phi) is 5.20. The Hall–Kier alpha value is -3.36. The summed E-state index contributed by atoms with van der Waals surface area (Å²) < 4.78 is 39.2. The Morgan fingerprint density at radius 3 is 2.32 bits per heavy atom. The van der Waals surface area contributed by atoms with Gasteiger partial charge in [0.25, 0.3) is 0 Å². The first kappa shape index (κ1) is 20.9. The summed E-state index contributed by atoms with van der Waals surface area (Å²) in [5.41, 5.74) is 1.38. The number of aromatic nitrogens is 2. The number of hydrogen-bond acceptors (Lipinski definition) is 3. The number of fused-ring (bicyclic) bond motifs is 1. The zero-order chi connectivity index (χ0) is 22.3. The van der Waals surface area contributed by atoms with Gasteiger partial charge in [0.2, 0.25) is 0 Å². The fourth-order valence-electron chi connectivity index (χ4n) is 3.23. The molecule has 4 rings (SSSR count). The van der Waals surface area contributed by atoms with Crippen LogP contribution in [0.3, 0.4) is 0 Å². The molecule has 0 amide bonds. The minimum atomic E-state index is -4.63. The van der Waals surface area contributed by atoms with Gasteiger partial charge in [0, 0.05) is 5.56 Å². The number of aromatic carboxylic acids is 1. The van der Waals surface area contributed by atoms with E-state index in [4.69, 9.17) is 16.7 Å². The van der Waals surface area contributed by atoms with Crippen LogP contribution in [-0.4, -0.2) is 26.2 Å². The summed E-state index contributed by atoms with van der Waals surface area (Å²) in [6, 6.07) is 14.3. The van der Waals surface area contributed by atoms with E-state index in [0.717, 1.165) is 12.1 Å². The summed E-state index contributed by atoms with van der Waals surface area (Å²) in [5, 5.41) is 19.2. The van der Waals surface area contributed by atoms with Gasteiger partial charge in [-0.15, -0.1) is 0 Å². The Labute approximate surface area is 178 Å². The first-order valence-corrected chi connectivity index (χ1v) is 9.39. The van der Waals surface area contributed by atoms with Crippen LogP contribution in [0.25, 0.3) is 22.4 Å². The number of carbonyl (C=O) groups is 1. The van der Waals surface area contributed by atoms with Crippen LogP contribution in [0.5, 0.6) is 0 Å². The van der Waals surface area contributed by atoms with E-state index in [2.05, 4.69) is 9.97 Å². The van der Waals surface area contributed by atoms with Crippen LogP contribution in [0.4, 0.5) is 13.2 Å². The monoisotopic (exact) mass is 446 g/mol. The van der Waals surface area contributed by atoms with Crippen LogP contribution in [0.15, 0.2) is 60.7 Å². The number of hydrogen-bond donors (Lipinski definition) is 3. The lowest BCUT2D eigenvalue weighted by atomic mass is 9.98. The number of alkyl halides is 3. The molecule has 9 heteroatoms. The summed E-state index contributed by atoms with van der Waals surface area (Å²) in [7, 11) is 0. The number of H-pyrrole nitrogens is 1. The molecule has 4 aromatic rings. The highest BCUT2D eigenvalue weighted by Crippen LogP contribution is 2.37. The number of halogens is 4. The maximum atomic E-state index is 13.1. The van der Waals surface area contributed by atoms with E-state index < -0.39 is 28.8 Å². The third-order valence-corrected chi connectivity index (χ3v) is 5.17. The molecule has 5 nitrogen and oxygen atoms in total. The van der Waals surface area contributed by atoms with Crippen LogP contribution in [-0.2, 0) is 6.18 Å². The van der Waals surface area contributed by atoms with Gasteiger partial charge >= 0.3 is 12.1 Å². The lowest BCUT2D eigenvalue weighted by Gasteiger charge is -2.15. The lowest BCUT2D eigenvalue weighted by molar-refractivity contribution is -0.137. The highest BCUT2D eigenvalue weighted by Gasteiger charge is 2.33. The lowest BCUT2D eigenvalue weighted by Crippen LogP contribution is -2.08. The molecule has 158 valence electrons. The molecule has 0 aliphatic carbocycles. The number of rotatable bonds is 4. The summed E-state index contributed by atoms with van der Waals surface area (Å²) in [4.78, 5) is 18.6. The van der Waals surface area contributed by atoms with Crippen molar-refractivity contribution in [1.82, 2.24) is 9.97 Å². The molecule has 0 bridgehead atoms. The largest absolute Gasteiger partial charge is 0.478 e. The van der Waals surface area contributed by atoms with Gasteiger partial charge in [-0.1, -0.05) is 41.9 Å². The molecule has 3 aromatic carbocycles. The van der Waals surface area contributed by atoms with Crippen molar-refractivity contribution < 1.29 is 28.2 Å². The van der Waals surface area contributed by atoms with Gasteiger partial charge in [0.15, 0.2) is 0 Å². The molecule has 31 heavy (non-hydrogen) atoms. The molecule has 0 saturated carbocycles. The van der Waals surface area contributed by atoms with Gasteiger partial charge in [0.1, 0.15) is 11.9 Å². The molecule has 0 radical (unpaired) electrons. The number of benzene rings is 3. The third kappa shape index (κ3) is 4.12. The molecule has 3 N–H and O–H groups in total. The van der Waals surface area contributed by atoms with Crippen LogP contribution in [0, 0.1) is 0 Å². The van der Waals surface area contributed by atoms with E-state index in [0.29, 0.717) is 28.0 Å². The standard InChI is InChI=1S/C22H14ClF3N2O3/c23-16-7-5-13(9-15(16)22(24,25)26)19(29)11-1-3-12(4-2-11)20-27-17-8-6-14(21(30)31)10-18(17)28-20/h1-10,19,29H,(H,27,28)(H,30,31). The van der Waals surface area contributed by atoms with E-state index >= 15 is 0 Å². The van der Waals surface area contributed by atoms with Crippen molar-refractivity contribution in [2.24, 2.45) is 0 Å². The number of carboxylic acid groups (broad SMARTS) is 1. The SMILES string of the molecule is O=C(O)c1ccc2nc(-c3ccc(C(O)c4ccc(Cl)c(C(F)(F)F)c4)cc3)[nH]c2c1. The number of aromatic amines is 1. The van der Waals surface area contributed by atoms with Crippen molar-refractivity contribution in [1.29, 1.82) is 0 Å². The van der Waals surface area contributed by atoms with Gasteiger partial charge in [-0.3, -0.25) is 0 Å². The quantitative estimate of drug-likeness (QED) is 0.376. The van der Waals surface area contributed by atoms with E-state index in [1.807, 2.05) is 0 Å². The van der Waals surface area contributed by atoms with Gasteiger partial charge in [-0.05, 0) is 41.5 Å². The van der Waals surface area contributed by atoms with Gasteiger partial charge in [-0.2, -0.15) is 13.2 Å². The number of aliphatic hydroxyl groups excluding tert-OH is 1. The molecular weight excluding hydrogens is 433 g/mol. The second-order valence-corrected chi connectivity index (χ2v) is 7.29. The Morgan fingerprint density at radius 2 is 1.68 bits per heavy atom. The van der Waals surface area contributed by atoms with Crippen molar-refractivity contribution >= 4 is 28.6 Å². The van der Waals surface area contributed by atoms with Gasteiger partial charge < -0.3 is 15.2 Å². The fourth-order valence-corrected chi connectivity index (χ4v) is 3.45. The summed E-state index contributed by atoms with van der Waals surface area (Å²) in [6.45, 7) is 0. The minimum Gasteiger partial charge on any atom is -0.478 e. The van der Waals surface area contributed by atoms with Crippen molar-refractivity contribution in [3.8, 4) is 11.4 Å². The van der Waals surface area contributed by atoms with Crippen LogP contribution in [0.2, 0.25) is 5.02 Å². The first-order valence-electron chi connectivity index (χ1n) is 9.01. The molecule has 0 aliphatic heterocycles. The average molecular weight is 447 g/mol. The third-order valence-electron chi connectivity index (χ3n) is 4.84. The van der Waals surface area contributed by atoms with Crippen LogP contribution < -0.4 is 0 Å². The predicted molar refractivity (Wildman–Crippen MR) is 109 cm³/mol. The van der Waals surface area contributed by atoms with Gasteiger partial charge in [-0.25, -0.2) is 9.78 Å². The molecule has 0 fully saturated rings. The van der Waals surface area contributed by atoms with E-state index in [1.165, 1.54) is 18.2 Å². The molecule has 0 saturated heterocycles. The van der Waals surface area contributed by atoms with Crippen LogP contribution in [0.1, 0.15) is 33.2 Å². The minimum absolute atomic E-state index is 0.0643. The molecule has 1 unspecified atom stereocenters. The highest BCUT2D eigenvalue weighted by molar-refractivity contribution is 6.31. The van der Waals surface area contributed by atoms with Crippen LogP contribution >= 0.6 is 11.6 Å². The average Bonchev–Trinajstić information content (AvgIpc) is 3.16. The predicted octanol–water partition coefficient (Wildman–Crippen LogP) is 5.68. The number of aliphatic hydroxyl groups is 1. The normalized spacial score (nSPS) is 12.8. The molecule has 1 aromatic heterocycles. The van der Waals surface area contributed by atoms with Crippen molar-refractivity contribution in [2.75, 3.05) is 0 Å². The smallest absolute Gasteiger partial charge is 0.417 e. The second kappa shape index (κ2) is 7.72. The van der Waals surface area contributed by atoms with Crippen molar-refractivity contribution in [2.45, 2.75) is 12.3 Å². The zero-order valence-corrected chi connectivity index (χ0v) is 16.4. The number of imidazole rings is 1. The van der Waals surface area contributed by atoms with Gasteiger partial charge in [0.05, 0.1) is 27.2 Å². The fraction of sp³-hybridized carbons (Fsp3) is 0.0909. The number of carboxylic acids is 1. The molecule has 0 aliphatic rings. The summed E-state index contributed by atoms with van der Waals surface area (Å²) in [6.07, 6.45) is -5.90. The topological polar surface area (TPSA) is 86.2 Å². The Bertz CT molecular complexity index is 1280. The molecule has 0 spiro atoms. The van der Waals surface area contributed by atoms with Crippen molar-refractivity contribution in [3.05, 3.63) is 87.9 Å². The molecule has 1 heterocycles. The number of nitrogens with one attached hydrogen (secondary N) is 1. The van der Waals surface area contributed by atoms with E-state index in [1.54, 1.807) is 30.3 Å².